The van der Waals surface area contributed by atoms with E-state index in [1.165, 1.54) is 0 Å². The number of nitrogens with one attached hydrogen (secondary N) is 2. The summed E-state index contributed by atoms with van der Waals surface area (Å²) in [4.78, 5) is 11.4. The van der Waals surface area contributed by atoms with Crippen LogP contribution in [0.1, 0.15) is 18.5 Å². The molecule has 0 unspecified atom stereocenters. The molecule has 0 fully saturated rings. The normalized spacial score (nSPS) is 11.9. The van der Waals surface area contributed by atoms with Crippen molar-refractivity contribution < 1.29 is 9.53 Å². The number of hydrogen-bond acceptors (Lipinski definition) is 3. The van der Waals surface area contributed by atoms with Gasteiger partial charge in [-0.3, -0.25) is 4.79 Å². The number of ether oxygens (including phenoxy) is 1. The molecule has 88 valence electrons. The second-order valence-corrected chi connectivity index (χ2v) is 3.59. The Kier molecular flexibility index (Phi) is 4.79. The maximum atomic E-state index is 11.4. The zero-order valence-corrected chi connectivity index (χ0v) is 9.91. The van der Waals surface area contributed by atoms with Crippen LogP contribution < -0.4 is 15.4 Å². The number of amides is 1. The van der Waals surface area contributed by atoms with Crippen molar-refractivity contribution in [2.45, 2.75) is 13.0 Å². The Hall–Kier alpha value is -1.55. The summed E-state index contributed by atoms with van der Waals surface area (Å²) < 4.78 is 5.07. The van der Waals surface area contributed by atoms with E-state index in [1.54, 1.807) is 14.2 Å². The van der Waals surface area contributed by atoms with Crippen molar-refractivity contribution in [3.8, 4) is 5.75 Å². The smallest absolute Gasteiger partial charge is 0.234 e. The van der Waals surface area contributed by atoms with Gasteiger partial charge >= 0.3 is 0 Å². The molecule has 0 saturated carbocycles. The molecule has 2 N–H and O–H groups in total. The summed E-state index contributed by atoms with van der Waals surface area (Å²) in [5.41, 5.74) is 1.06. The van der Waals surface area contributed by atoms with E-state index in [4.69, 9.17) is 4.74 Å². The Morgan fingerprint density at radius 3 is 2.50 bits per heavy atom. The van der Waals surface area contributed by atoms with Crippen molar-refractivity contribution in [1.82, 2.24) is 10.6 Å². The molecule has 16 heavy (non-hydrogen) atoms. The molecule has 1 rings (SSSR count). The molecule has 1 aromatic carbocycles. The highest BCUT2D eigenvalue weighted by atomic mass is 16.5. The molecule has 1 aromatic rings. The fourth-order valence-electron chi connectivity index (χ4n) is 1.43. The molecule has 0 heterocycles. The van der Waals surface area contributed by atoms with Crippen LogP contribution in [-0.4, -0.2) is 26.6 Å². The first-order chi connectivity index (χ1) is 7.67. The second-order valence-electron chi connectivity index (χ2n) is 3.59. The number of methoxy groups -OCH3 is 1. The summed E-state index contributed by atoms with van der Waals surface area (Å²) in [6.07, 6.45) is 0. The summed E-state index contributed by atoms with van der Waals surface area (Å²) in [6, 6.07) is 7.67. The molecule has 0 aromatic heterocycles. The lowest BCUT2D eigenvalue weighted by Gasteiger charge is -2.14. The van der Waals surface area contributed by atoms with Crippen LogP contribution in [0.4, 0.5) is 0 Å². The molecule has 0 saturated heterocycles. The van der Waals surface area contributed by atoms with Gasteiger partial charge in [0.2, 0.25) is 5.91 Å². The molecular weight excluding hydrogens is 204 g/mol. The Morgan fingerprint density at radius 2 is 2.00 bits per heavy atom. The third-order valence-electron chi connectivity index (χ3n) is 2.33. The average Bonchev–Trinajstić information content (AvgIpc) is 2.29. The van der Waals surface area contributed by atoms with Gasteiger partial charge in [-0.1, -0.05) is 12.1 Å². The van der Waals surface area contributed by atoms with Crippen LogP contribution in [0.2, 0.25) is 0 Å². The lowest BCUT2D eigenvalue weighted by atomic mass is 10.1. The molecular formula is C12H18N2O2. The van der Waals surface area contributed by atoms with E-state index in [0.29, 0.717) is 6.54 Å². The zero-order valence-electron chi connectivity index (χ0n) is 9.91. The summed E-state index contributed by atoms with van der Waals surface area (Å²) in [5.74, 6) is 0.809. The molecule has 4 nitrogen and oxygen atoms in total. The van der Waals surface area contributed by atoms with Gasteiger partial charge in [0, 0.05) is 0 Å². The standard InChI is InChI=1S/C12H18N2O2/c1-9(14-12(15)8-13-2)10-4-6-11(16-3)7-5-10/h4-7,9,13H,8H2,1-3H3,(H,14,15)/t9-/m1/s1. The number of carbonyl (C=O) groups is 1. The maximum absolute atomic E-state index is 11.4. The Morgan fingerprint density at radius 1 is 1.38 bits per heavy atom. The first-order valence-corrected chi connectivity index (χ1v) is 5.25. The van der Waals surface area contributed by atoms with Gasteiger partial charge in [0.25, 0.3) is 0 Å². The Labute approximate surface area is 96.0 Å². The van der Waals surface area contributed by atoms with Crippen LogP contribution in [0.3, 0.4) is 0 Å². The van der Waals surface area contributed by atoms with E-state index in [0.717, 1.165) is 11.3 Å². The highest BCUT2D eigenvalue weighted by Crippen LogP contribution is 2.16. The van der Waals surface area contributed by atoms with Crippen molar-refractivity contribution in [2.24, 2.45) is 0 Å². The van der Waals surface area contributed by atoms with Gasteiger partial charge in [0.15, 0.2) is 0 Å². The van der Waals surface area contributed by atoms with Crippen LogP contribution in [0.25, 0.3) is 0 Å². The minimum Gasteiger partial charge on any atom is -0.497 e. The molecule has 1 atom stereocenters. The Balaban J connectivity index is 2.58. The van der Waals surface area contributed by atoms with Crippen LogP contribution in [0.5, 0.6) is 5.75 Å². The molecule has 0 bridgehead atoms. The molecule has 0 aliphatic heterocycles. The number of benzene rings is 1. The molecule has 1 amide bonds. The average molecular weight is 222 g/mol. The quantitative estimate of drug-likeness (QED) is 0.784. The van der Waals surface area contributed by atoms with Gasteiger partial charge in [-0.05, 0) is 31.7 Å². The minimum atomic E-state index is -0.00850. The molecule has 0 spiro atoms. The van der Waals surface area contributed by atoms with Gasteiger partial charge in [-0.15, -0.1) is 0 Å². The van der Waals surface area contributed by atoms with Crippen LogP contribution >= 0.6 is 0 Å². The van der Waals surface area contributed by atoms with E-state index < -0.39 is 0 Å². The van der Waals surface area contributed by atoms with Crippen molar-refractivity contribution in [3.63, 3.8) is 0 Å². The van der Waals surface area contributed by atoms with Crippen LogP contribution in [0.15, 0.2) is 24.3 Å². The van der Waals surface area contributed by atoms with Gasteiger partial charge in [0.05, 0.1) is 19.7 Å². The number of hydrogen-bond donors (Lipinski definition) is 2. The third-order valence-corrected chi connectivity index (χ3v) is 2.33. The predicted octanol–water partition coefficient (Wildman–Crippen LogP) is 1.09. The van der Waals surface area contributed by atoms with E-state index in [1.807, 2.05) is 31.2 Å². The largest absolute Gasteiger partial charge is 0.497 e. The highest BCUT2D eigenvalue weighted by Gasteiger charge is 2.08. The van der Waals surface area contributed by atoms with Gasteiger partial charge in [-0.25, -0.2) is 0 Å². The fraction of sp³-hybridized carbons (Fsp3) is 0.417. The van der Waals surface area contributed by atoms with E-state index >= 15 is 0 Å². The first-order valence-electron chi connectivity index (χ1n) is 5.25. The topological polar surface area (TPSA) is 50.4 Å². The summed E-state index contributed by atoms with van der Waals surface area (Å²) in [6.45, 7) is 2.29. The monoisotopic (exact) mass is 222 g/mol. The molecule has 0 radical (unpaired) electrons. The van der Waals surface area contributed by atoms with Gasteiger partial charge < -0.3 is 15.4 Å². The van der Waals surface area contributed by atoms with Crippen molar-refractivity contribution in [3.05, 3.63) is 29.8 Å². The minimum absolute atomic E-state index is 0.00626. The van der Waals surface area contributed by atoms with E-state index in [-0.39, 0.29) is 11.9 Å². The number of likely N-dealkylation sites (N-methyl/N-ethyl adjacent to an activating group) is 1. The lowest BCUT2D eigenvalue weighted by molar-refractivity contribution is -0.120. The lowest BCUT2D eigenvalue weighted by Crippen LogP contribution is -2.33. The highest BCUT2D eigenvalue weighted by molar-refractivity contribution is 5.78. The number of carbonyl (C=O) groups excluding carboxylic acids is 1. The summed E-state index contributed by atoms with van der Waals surface area (Å²) in [7, 11) is 3.38. The second kappa shape index (κ2) is 6.12. The summed E-state index contributed by atoms with van der Waals surface area (Å²) >= 11 is 0. The SMILES string of the molecule is CNCC(=O)N[C@H](C)c1ccc(OC)cc1. The van der Waals surface area contributed by atoms with E-state index in [2.05, 4.69) is 10.6 Å². The number of rotatable bonds is 5. The van der Waals surface area contributed by atoms with Crippen molar-refractivity contribution in [2.75, 3.05) is 20.7 Å². The summed E-state index contributed by atoms with van der Waals surface area (Å²) in [5, 5.41) is 5.70. The van der Waals surface area contributed by atoms with Gasteiger partial charge in [-0.2, -0.15) is 0 Å². The Bertz CT molecular complexity index is 335. The van der Waals surface area contributed by atoms with Crippen molar-refractivity contribution >= 4 is 5.91 Å². The first kappa shape index (κ1) is 12.5. The van der Waals surface area contributed by atoms with E-state index in [9.17, 15) is 4.79 Å². The van der Waals surface area contributed by atoms with Crippen LogP contribution in [-0.2, 0) is 4.79 Å². The maximum Gasteiger partial charge on any atom is 0.234 e. The van der Waals surface area contributed by atoms with Crippen LogP contribution in [0, 0.1) is 0 Å². The predicted molar refractivity (Wildman–Crippen MR) is 63.5 cm³/mol. The van der Waals surface area contributed by atoms with Gasteiger partial charge in [0.1, 0.15) is 5.75 Å². The molecule has 4 heteroatoms. The zero-order chi connectivity index (χ0) is 12.0. The van der Waals surface area contributed by atoms with Crippen molar-refractivity contribution in [1.29, 1.82) is 0 Å². The molecule has 0 aliphatic carbocycles. The fourth-order valence-corrected chi connectivity index (χ4v) is 1.43. The third kappa shape index (κ3) is 3.55. The molecule has 0 aliphatic rings.